The fraction of sp³-hybridized carbons (Fsp3) is 0.381. The number of carbonyl (C=O) groups is 1. The van der Waals surface area contributed by atoms with Crippen molar-refractivity contribution in [1.82, 2.24) is 0 Å². The number of benzene rings is 2. The molecule has 0 spiro atoms. The molecular weight excluding hydrogens is 344 g/mol. The van der Waals surface area contributed by atoms with Crippen LogP contribution in [0.2, 0.25) is 18.1 Å². The Labute approximate surface area is 157 Å². The average Bonchev–Trinajstić information content (AvgIpc) is 2.59. The summed E-state index contributed by atoms with van der Waals surface area (Å²) in [6, 6.07) is 11.4. The van der Waals surface area contributed by atoms with Crippen LogP contribution in [0.4, 0.5) is 0 Å². The van der Waals surface area contributed by atoms with Crippen molar-refractivity contribution < 1.29 is 18.7 Å². The van der Waals surface area contributed by atoms with Gasteiger partial charge in [-0.2, -0.15) is 0 Å². The van der Waals surface area contributed by atoms with E-state index < -0.39 is 8.32 Å². The monoisotopic (exact) mass is 372 g/mol. The molecule has 2 rings (SSSR count). The van der Waals surface area contributed by atoms with Crippen molar-refractivity contribution in [1.29, 1.82) is 0 Å². The molecule has 0 aliphatic carbocycles. The summed E-state index contributed by atoms with van der Waals surface area (Å²) < 4.78 is 17.1. The first-order chi connectivity index (χ1) is 12.1. The van der Waals surface area contributed by atoms with Crippen LogP contribution in [0.1, 0.15) is 31.1 Å². The van der Waals surface area contributed by atoms with Gasteiger partial charge in [-0.15, -0.1) is 0 Å². The van der Waals surface area contributed by atoms with E-state index in [-0.39, 0.29) is 5.04 Å². The molecule has 0 unspecified atom stereocenters. The van der Waals surface area contributed by atoms with Gasteiger partial charge in [0.05, 0.1) is 19.8 Å². The molecule has 0 aliphatic heterocycles. The standard InChI is InChI=1S/C21H28O4Si/c1-21(2,3)26(6,7)25-17-10-8-15(9-11-17)19-13-18(23-4)12-16(14-22)20(19)24-5/h8-14H,1-7H3. The minimum atomic E-state index is -1.88. The van der Waals surface area contributed by atoms with Gasteiger partial charge >= 0.3 is 0 Å². The molecule has 0 amide bonds. The van der Waals surface area contributed by atoms with E-state index in [4.69, 9.17) is 13.9 Å². The van der Waals surface area contributed by atoms with Gasteiger partial charge in [-0.05, 0) is 48.0 Å². The lowest BCUT2D eigenvalue weighted by Crippen LogP contribution is -2.43. The molecule has 0 heterocycles. The summed E-state index contributed by atoms with van der Waals surface area (Å²) in [7, 11) is 1.26. The van der Waals surface area contributed by atoms with Gasteiger partial charge in [0.1, 0.15) is 17.2 Å². The van der Waals surface area contributed by atoms with Gasteiger partial charge in [-0.1, -0.05) is 32.9 Å². The van der Waals surface area contributed by atoms with Gasteiger partial charge in [0.2, 0.25) is 8.32 Å². The van der Waals surface area contributed by atoms with E-state index in [0.717, 1.165) is 23.2 Å². The van der Waals surface area contributed by atoms with E-state index >= 15 is 0 Å². The van der Waals surface area contributed by atoms with Crippen LogP contribution < -0.4 is 13.9 Å². The summed E-state index contributed by atoms with van der Waals surface area (Å²) in [6.07, 6.45) is 0.778. The quantitative estimate of drug-likeness (QED) is 0.491. The van der Waals surface area contributed by atoms with Gasteiger partial charge in [0.25, 0.3) is 0 Å². The first-order valence-electron chi connectivity index (χ1n) is 8.63. The van der Waals surface area contributed by atoms with Crippen molar-refractivity contribution in [2.45, 2.75) is 38.9 Å². The van der Waals surface area contributed by atoms with E-state index in [9.17, 15) is 4.79 Å². The number of aldehydes is 1. The summed E-state index contributed by atoms with van der Waals surface area (Å²) >= 11 is 0. The molecule has 0 saturated carbocycles. The first kappa shape index (κ1) is 20.0. The van der Waals surface area contributed by atoms with Gasteiger partial charge in [0.15, 0.2) is 6.29 Å². The Morgan fingerprint density at radius 3 is 2.00 bits per heavy atom. The molecular formula is C21H28O4Si. The van der Waals surface area contributed by atoms with E-state index in [2.05, 4.69) is 33.9 Å². The molecule has 0 atom stereocenters. The number of hydrogen-bond acceptors (Lipinski definition) is 4. The van der Waals surface area contributed by atoms with E-state index in [1.807, 2.05) is 30.3 Å². The fourth-order valence-electron chi connectivity index (χ4n) is 2.42. The molecule has 0 N–H and O–H groups in total. The van der Waals surface area contributed by atoms with E-state index in [1.54, 1.807) is 20.3 Å². The van der Waals surface area contributed by atoms with Crippen LogP contribution in [0.5, 0.6) is 17.2 Å². The second-order valence-corrected chi connectivity index (χ2v) is 12.5. The Morgan fingerprint density at radius 1 is 0.923 bits per heavy atom. The molecule has 0 bridgehead atoms. The van der Waals surface area contributed by atoms with Crippen LogP contribution in [0.3, 0.4) is 0 Å². The molecule has 2 aromatic rings. The Kier molecular flexibility index (Phi) is 5.81. The number of methoxy groups -OCH3 is 2. The minimum Gasteiger partial charge on any atom is -0.544 e. The van der Waals surface area contributed by atoms with Gasteiger partial charge in [0, 0.05) is 5.56 Å². The van der Waals surface area contributed by atoms with Crippen molar-refractivity contribution in [3.63, 3.8) is 0 Å². The zero-order chi connectivity index (χ0) is 19.5. The Balaban J connectivity index is 2.41. The Bertz CT molecular complexity index is 774. The van der Waals surface area contributed by atoms with Crippen LogP contribution in [0.25, 0.3) is 11.1 Å². The van der Waals surface area contributed by atoms with Crippen LogP contribution in [0, 0.1) is 0 Å². The molecule has 0 radical (unpaired) electrons. The summed E-state index contributed by atoms with van der Waals surface area (Å²) in [5.74, 6) is 2.01. The third kappa shape index (κ3) is 4.10. The number of rotatable bonds is 6. The van der Waals surface area contributed by atoms with Crippen molar-refractivity contribution >= 4 is 14.6 Å². The highest BCUT2D eigenvalue weighted by atomic mass is 28.4. The third-order valence-corrected chi connectivity index (χ3v) is 9.36. The molecule has 0 aromatic heterocycles. The predicted molar refractivity (Wildman–Crippen MR) is 108 cm³/mol. The second-order valence-electron chi connectivity index (χ2n) is 7.80. The highest BCUT2D eigenvalue weighted by molar-refractivity contribution is 6.74. The van der Waals surface area contributed by atoms with Crippen molar-refractivity contribution in [3.05, 3.63) is 42.0 Å². The lowest BCUT2D eigenvalue weighted by molar-refractivity contribution is 0.112. The van der Waals surface area contributed by atoms with Crippen molar-refractivity contribution in [2.24, 2.45) is 0 Å². The maximum atomic E-state index is 11.4. The molecule has 26 heavy (non-hydrogen) atoms. The maximum absolute atomic E-state index is 11.4. The lowest BCUT2D eigenvalue weighted by Gasteiger charge is -2.36. The second kappa shape index (κ2) is 7.54. The molecule has 140 valence electrons. The van der Waals surface area contributed by atoms with Gasteiger partial charge in [-0.3, -0.25) is 4.79 Å². The Hall–Kier alpha value is -2.27. The van der Waals surface area contributed by atoms with Crippen LogP contribution in [-0.4, -0.2) is 28.8 Å². The summed E-state index contributed by atoms with van der Waals surface area (Å²) in [5.41, 5.74) is 2.21. The topological polar surface area (TPSA) is 44.8 Å². The SMILES string of the molecule is COc1cc(C=O)c(OC)c(-c2ccc(O[Si](C)(C)C(C)(C)C)cc2)c1. The zero-order valence-corrected chi connectivity index (χ0v) is 17.7. The van der Waals surface area contributed by atoms with Crippen LogP contribution >= 0.6 is 0 Å². The summed E-state index contributed by atoms with van der Waals surface area (Å²) in [6.45, 7) is 11.1. The van der Waals surface area contributed by atoms with Crippen molar-refractivity contribution in [3.8, 4) is 28.4 Å². The number of ether oxygens (including phenoxy) is 2. The molecule has 0 aliphatic rings. The summed E-state index contributed by atoms with van der Waals surface area (Å²) in [5, 5.41) is 0.139. The normalized spacial score (nSPS) is 11.8. The first-order valence-corrected chi connectivity index (χ1v) is 11.5. The number of hydrogen-bond donors (Lipinski definition) is 0. The van der Waals surface area contributed by atoms with Gasteiger partial charge < -0.3 is 13.9 Å². The molecule has 2 aromatic carbocycles. The molecule has 5 heteroatoms. The third-order valence-electron chi connectivity index (χ3n) is 5.00. The zero-order valence-electron chi connectivity index (χ0n) is 16.7. The van der Waals surface area contributed by atoms with Crippen molar-refractivity contribution in [2.75, 3.05) is 14.2 Å². The summed E-state index contributed by atoms with van der Waals surface area (Å²) in [4.78, 5) is 11.4. The van der Waals surface area contributed by atoms with Gasteiger partial charge in [-0.25, -0.2) is 0 Å². The van der Waals surface area contributed by atoms with Crippen LogP contribution in [-0.2, 0) is 0 Å². The van der Waals surface area contributed by atoms with Crippen LogP contribution in [0.15, 0.2) is 36.4 Å². The van der Waals surface area contributed by atoms with E-state index in [1.165, 1.54) is 0 Å². The lowest BCUT2D eigenvalue weighted by atomic mass is 10.0. The molecule has 4 nitrogen and oxygen atoms in total. The average molecular weight is 373 g/mol. The molecule has 0 saturated heterocycles. The highest BCUT2D eigenvalue weighted by Gasteiger charge is 2.38. The smallest absolute Gasteiger partial charge is 0.250 e. The Morgan fingerprint density at radius 2 is 1.54 bits per heavy atom. The maximum Gasteiger partial charge on any atom is 0.250 e. The number of carbonyl (C=O) groups excluding carboxylic acids is 1. The largest absolute Gasteiger partial charge is 0.544 e. The highest BCUT2D eigenvalue weighted by Crippen LogP contribution is 2.39. The minimum absolute atomic E-state index is 0.139. The fourth-order valence-corrected chi connectivity index (χ4v) is 3.45. The molecule has 0 fully saturated rings. The predicted octanol–water partition coefficient (Wildman–Crippen LogP) is 5.57. The van der Waals surface area contributed by atoms with E-state index in [0.29, 0.717) is 17.1 Å².